The zero-order valence-corrected chi connectivity index (χ0v) is 10.3. The van der Waals surface area contributed by atoms with Gasteiger partial charge in [0.1, 0.15) is 11.8 Å². The first kappa shape index (κ1) is 13.5. The molecule has 1 atom stereocenters. The number of hydrogen-bond donors (Lipinski definition) is 1. The summed E-state index contributed by atoms with van der Waals surface area (Å²) in [6.45, 7) is 2.13. The molecule has 1 unspecified atom stereocenters. The van der Waals surface area contributed by atoms with Crippen LogP contribution in [0, 0.1) is 0 Å². The fraction of sp³-hybridized carbons (Fsp3) is 0.462. The van der Waals surface area contributed by atoms with Crippen LogP contribution in [0.15, 0.2) is 24.3 Å². The van der Waals surface area contributed by atoms with Crippen molar-refractivity contribution in [1.29, 1.82) is 0 Å². The molecule has 2 N–H and O–H groups in total. The molecule has 1 aromatic carbocycles. The zero-order valence-electron chi connectivity index (χ0n) is 10.3. The molecule has 1 rings (SSSR count). The van der Waals surface area contributed by atoms with E-state index in [2.05, 4.69) is 0 Å². The highest BCUT2D eigenvalue weighted by atomic mass is 16.5. The molecule has 0 radical (unpaired) electrons. The van der Waals surface area contributed by atoms with Crippen LogP contribution >= 0.6 is 0 Å². The van der Waals surface area contributed by atoms with E-state index < -0.39 is 6.04 Å². The molecule has 1 aromatic rings. The van der Waals surface area contributed by atoms with Crippen LogP contribution in [-0.4, -0.2) is 25.7 Å². The third kappa shape index (κ3) is 4.07. The Bertz CT molecular complexity index is 365. The van der Waals surface area contributed by atoms with Crippen molar-refractivity contribution in [2.24, 2.45) is 5.73 Å². The smallest absolute Gasteiger partial charge is 0.322 e. The summed E-state index contributed by atoms with van der Waals surface area (Å²) in [5, 5.41) is 0. The van der Waals surface area contributed by atoms with Crippen LogP contribution in [-0.2, 0) is 16.0 Å². The Morgan fingerprint density at radius 1 is 1.41 bits per heavy atom. The van der Waals surface area contributed by atoms with Gasteiger partial charge < -0.3 is 15.2 Å². The molecule has 0 aliphatic rings. The molecule has 0 saturated heterocycles. The van der Waals surface area contributed by atoms with Crippen molar-refractivity contribution in [3.63, 3.8) is 0 Å². The Morgan fingerprint density at radius 3 is 2.76 bits per heavy atom. The predicted molar refractivity (Wildman–Crippen MR) is 65.9 cm³/mol. The summed E-state index contributed by atoms with van der Waals surface area (Å²) in [7, 11) is 1.63. The highest BCUT2D eigenvalue weighted by Crippen LogP contribution is 2.19. The molecule has 4 nitrogen and oxygen atoms in total. The quantitative estimate of drug-likeness (QED) is 0.762. The number of carbonyl (C=O) groups excluding carboxylic acids is 1. The summed E-state index contributed by atoms with van der Waals surface area (Å²) in [5.41, 5.74) is 6.78. The van der Waals surface area contributed by atoms with Gasteiger partial charge in [-0.15, -0.1) is 0 Å². The number of nitrogens with two attached hydrogens (primary N) is 1. The predicted octanol–water partition coefficient (Wildman–Crippen LogP) is 1.52. The van der Waals surface area contributed by atoms with E-state index in [0.717, 1.165) is 11.3 Å². The van der Waals surface area contributed by atoms with Crippen LogP contribution in [0.25, 0.3) is 0 Å². The van der Waals surface area contributed by atoms with Gasteiger partial charge in [-0.05, 0) is 31.4 Å². The minimum atomic E-state index is -0.570. The van der Waals surface area contributed by atoms with E-state index in [4.69, 9.17) is 15.2 Å². The normalized spacial score (nSPS) is 11.9. The third-order valence-electron chi connectivity index (χ3n) is 2.51. The Morgan fingerprint density at radius 2 is 2.12 bits per heavy atom. The van der Waals surface area contributed by atoms with E-state index in [1.807, 2.05) is 24.3 Å². The summed E-state index contributed by atoms with van der Waals surface area (Å²) in [6, 6.07) is 7.14. The first-order valence-electron chi connectivity index (χ1n) is 5.73. The average molecular weight is 237 g/mol. The van der Waals surface area contributed by atoms with E-state index in [9.17, 15) is 4.79 Å². The summed E-state index contributed by atoms with van der Waals surface area (Å²) in [6.07, 6.45) is 1.25. The molecule has 0 saturated carbocycles. The van der Waals surface area contributed by atoms with Crippen LogP contribution in [0.5, 0.6) is 5.75 Å². The molecule has 0 spiro atoms. The minimum Gasteiger partial charge on any atom is -0.496 e. The number of aryl methyl sites for hydroxylation is 1. The second-order valence-corrected chi connectivity index (χ2v) is 3.71. The zero-order chi connectivity index (χ0) is 12.7. The molecule has 0 bridgehead atoms. The van der Waals surface area contributed by atoms with Crippen molar-refractivity contribution in [3.05, 3.63) is 29.8 Å². The van der Waals surface area contributed by atoms with Gasteiger partial charge in [0.15, 0.2) is 0 Å². The van der Waals surface area contributed by atoms with Gasteiger partial charge in [0.25, 0.3) is 0 Å². The van der Waals surface area contributed by atoms with Gasteiger partial charge in [0.2, 0.25) is 0 Å². The van der Waals surface area contributed by atoms with Crippen molar-refractivity contribution in [1.82, 2.24) is 0 Å². The Balaban J connectivity index is 2.52. The molecule has 0 aliphatic carbocycles. The molecular weight excluding hydrogens is 218 g/mol. The topological polar surface area (TPSA) is 61.5 Å². The lowest BCUT2D eigenvalue weighted by Gasteiger charge is -2.12. The van der Waals surface area contributed by atoms with Crippen LogP contribution < -0.4 is 10.5 Å². The standard InChI is InChI=1S/C13H19NO3/c1-3-17-13(15)11(14)9-8-10-6-4-5-7-12(10)16-2/h4-7,11H,3,8-9,14H2,1-2H3. The number of esters is 1. The molecule has 0 heterocycles. The van der Waals surface area contributed by atoms with Crippen LogP contribution in [0.4, 0.5) is 0 Å². The molecule has 0 fully saturated rings. The van der Waals surface area contributed by atoms with E-state index in [1.54, 1.807) is 14.0 Å². The van der Waals surface area contributed by atoms with Gasteiger partial charge in [-0.2, -0.15) is 0 Å². The van der Waals surface area contributed by atoms with Crippen molar-refractivity contribution >= 4 is 5.97 Å². The molecule has 0 amide bonds. The Labute approximate surface area is 102 Å². The molecule has 17 heavy (non-hydrogen) atoms. The number of para-hydroxylation sites is 1. The maximum atomic E-state index is 11.3. The summed E-state index contributed by atoms with van der Waals surface area (Å²) in [5.74, 6) is 0.478. The third-order valence-corrected chi connectivity index (χ3v) is 2.51. The second-order valence-electron chi connectivity index (χ2n) is 3.71. The number of benzene rings is 1. The molecule has 4 heteroatoms. The number of ether oxygens (including phenoxy) is 2. The van der Waals surface area contributed by atoms with E-state index in [1.165, 1.54) is 0 Å². The molecule has 0 aromatic heterocycles. The fourth-order valence-electron chi connectivity index (χ4n) is 1.59. The fourth-order valence-corrected chi connectivity index (χ4v) is 1.59. The van der Waals surface area contributed by atoms with Crippen LogP contribution in [0.3, 0.4) is 0 Å². The van der Waals surface area contributed by atoms with Crippen LogP contribution in [0.2, 0.25) is 0 Å². The molecule has 0 aliphatic heterocycles. The van der Waals surface area contributed by atoms with Crippen molar-refractivity contribution < 1.29 is 14.3 Å². The lowest BCUT2D eigenvalue weighted by Crippen LogP contribution is -2.32. The van der Waals surface area contributed by atoms with E-state index in [0.29, 0.717) is 19.4 Å². The Kier molecular flexibility index (Phi) is 5.49. The van der Waals surface area contributed by atoms with E-state index >= 15 is 0 Å². The van der Waals surface area contributed by atoms with Gasteiger partial charge in [-0.1, -0.05) is 18.2 Å². The molecular formula is C13H19NO3. The number of rotatable bonds is 6. The first-order chi connectivity index (χ1) is 8.19. The van der Waals surface area contributed by atoms with Crippen molar-refractivity contribution in [2.75, 3.05) is 13.7 Å². The lowest BCUT2D eigenvalue weighted by atomic mass is 10.0. The highest BCUT2D eigenvalue weighted by Gasteiger charge is 2.15. The number of methoxy groups -OCH3 is 1. The average Bonchev–Trinajstić information content (AvgIpc) is 2.36. The van der Waals surface area contributed by atoms with E-state index in [-0.39, 0.29) is 5.97 Å². The van der Waals surface area contributed by atoms with Gasteiger partial charge in [0.05, 0.1) is 13.7 Å². The van der Waals surface area contributed by atoms with Gasteiger partial charge in [-0.25, -0.2) is 0 Å². The maximum Gasteiger partial charge on any atom is 0.322 e. The number of hydrogen-bond acceptors (Lipinski definition) is 4. The van der Waals surface area contributed by atoms with Crippen molar-refractivity contribution in [3.8, 4) is 5.75 Å². The summed E-state index contributed by atoms with van der Waals surface area (Å²) < 4.78 is 10.1. The summed E-state index contributed by atoms with van der Waals surface area (Å²) in [4.78, 5) is 11.3. The van der Waals surface area contributed by atoms with Gasteiger partial charge >= 0.3 is 5.97 Å². The van der Waals surface area contributed by atoms with Crippen molar-refractivity contribution in [2.45, 2.75) is 25.8 Å². The monoisotopic (exact) mass is 237 g/mol. The SMILES string of the molecule is CCOC(=O)C(N)CCc1ccccc1OC. The second kappa shape index (κ2) is 6.91. The number of carbonyl (C=O) groups is 1. The highest BCUT2D eigenvalue weighted by molar-refractivity contribution is 5.75. The maximum absolute atomic E-state index is 11.3. The largest absolute Gasteiger partial charge is 0.496 e. The molecule has 94 valence electrons. The minimum absolute atomic E-state index is 0.345. The summed E-state index contributed by atoms with van der Waals surface area (Å²) >= 11 is 0. The van der Waals surface area contributed by atoms with Crippen LogP contribution in [0.1, 0.15) is 18.9 Å². The lowest BCUT2D eigenvalue weighted by molar-refractivity contribution is -0.144. The van der Waals surface area contributed by atoms with Gasteiger partial charge in [0, 0.05) is 0 Å². The Hall–Kier alpha value is -1.55. The van der Waals surface area contributed by atoms with Gasteiger partial charge in [-0.3, -0.25) is 4.79 Å². The first-order valence-corrected chi connectivity index (χ1v) is 5.73.